The molecule has 3 N–H and O–H groups in total. The molecule has 0 amide bonds. The smallest absolute Gasteiger partial charge is 0.189 e. The molecule has 1 rings (SSSR count). The molecule has 1 heterocycles. The molecule has 0 saturated heterocycles. The Kier molecular flexibility index (Phi) is 4.53. The number of nitrogens with zero attached hydrogens (tertiary/aromatic N) is 3. The highest BCUT2D eigenvalue weighted by Gasteiger charge is 1.98. The van der Waals surface area contributed by atoms with Gasteiger partial charge in [0.2, 0.25) is 0 Å². The summed E-state index contributed by atoms with van der Waals surface area (Å²) in [7, 11) is 0. The van der Waals surface area contributed by atoms with E-state index in [1.165, 1.54) is 0 Å². The van der Waals surface area contributed by atoms with Crippen molar-refractivity contribution in [1.29, 1.82) is 0 Å². The molecule has 1 aromatic heterocycles. The van der Waals surface area contributed by atoms with Crippen molar-refractivity contribution in [3.05, 3.63) is 24.0 Å². The number of hydrogen-bond donors (Lipinski definition) is 2. The van der Waals surface area contributed by atoms with Crippen molar-refractivity contribution in [3.63, 3.8) is 0 Å². The molecule has 5 nitrogen and oxygen atoms in total. The van der Waals surface area contributed by atoms with Gasteiger partial charge in [-0.3, -0.25) is 0 Å². The predicted molar refractivity (Wildman–Crippen MR) is 60.2 cm³/mol. The summed E-state index contributed by atoms with van der Waals surface area (Å²) in [6, 6.07) is 4.04. The van der Waals surface area contributed by atoms with E-state index in [4.69, 9.17) is 5.73 Å². The lowest BCUT2D eigenvalue weighted by molar-refractivity contribution is 0.636. The molecule has 0 aliphatic carbocycles. The number of aromatic nitrogens is 2. The molecule has 1 unspecified atom stereocenters. The molecule has 1 atom stereocenters. The van der Waals surface area contributed by atoms with Gasteiger partial charge in [0.1, 0.15) is 0 Å². The van der Waals surface area contributed by atoms with Crippen LogP contribution in [0.15, 0.2) is 23.3 Å². The molecule has 0 radical (unpaired) electrons. The van der Waals surface area contributed by atoms with Gasteiger partial charge in [-0.15, -0.1) is 0 Å². The number of guanidine groups is 1. The van der Waals surface area contributed by atoms with Crippen LogP contribution < -0.4 is 11.1 Å². The zero-order valence-corrected chi connectivity index (χ0v) is 9.14. The zero-order chi connectivity index (χ0) is 11.1. The van der Waals surface area contributed by atoms with Gasteiger partial charge in [-0.1, -0.05) is 6.92 Å². The Hall–Kier alpha value is -1.65. The number of rotatable bonds is 4. The molecule has 0 aliphatic rings. The number of nitrogens with one attached hydrogen (secondary N) is 1. The summed E-state index contributed by atoms with van der Waals surface area (Å²) in [5.74, 6) is 0.454. The minimum absolute atomic E-state index is 0.343. The van der Waals surface area contributed by atoms with Crippen LogP contribution in [0.2, 0.25) is 0 Å². The number of hydrogen-bond acceptors (Lipinski definition) is 3. The van der Waals surface area contributed by atoms with Gasteiger partial charge in [0.25, 0.3) is 0 Å². The van der Waals surface area contributed by atoms with Gasteiger partial charge in [0.05, 0.1) is 12.2 Å². The van der Waals surface area contributed by atoms with E-state index in [1.807, 2.05) is 12.1 Å². The van der Waals surface area contributed by atoms with E-state index >= 15 is 0 Å². The molecule has 82 valence electrons. The van der Waals surface area contributed by atoms with E-state index in [-0.39, 0.29) is 0 Å². The van der Waals surface area contributed by atoms with Crippen LogP contribution in [0.5, 0.6) is 0 Å². The fraction of sp³-hybridized carbons (Fsp3) is 0.500. The lowest BCUT2D eigenvalue weighted by atomic mass is 10.3. The second kappa shape index (κ2) is 5.95. The number of nitrogens with two attached hydrogens (primary N) is 1. The van der Waals surface area contributed by atoms with Crippen LogP contribution in [0.25, 0.3) is 0 Å². The Balaban J connectivity index is 2.44. The van der Waals surface area contributed by atoms with E-state index in [0.717, 1.165) is 12.1 Å². The molecule has 15 heavy (non-hydrogen) atoms. The largest absolute Gasteiger partial charge is 0.370 e. The summed E-state index contributed by atoms with van der Waals surface area (Å²) in [6.07, 6.45) is 2.65. The first-order valence-electron chi connectivity index (χ1n) is 5.05. The maximum Gasteiger partial charge on any atom is 0.189 e. The monoisotopic (exact) mass is 207 g/mol. The molecular formula is C10H17N5. The van der Waals surface area contributed by atoms with Crippen LogP contribution in [-0.4, -0.2) is 22.2 Å². The Labute approximate surface area is 89.8 Å². The quantitative estimate of drug-likeness (QED) is 0.562. The van der Waals surface area contributed by atoms with Crippen molar-refractivity contribution < 1.29 is 0 Å². The topological polar surface area (TPSA) is 76.2 Å². The third-order valence-electron chi connectivity index (χ3n) is 2.05. The van der Waals surface area contributed by atoms with Crippen molar-refractivity contribution in [3.8, 4) is 0 Å². The zero-order valence-electron chi connectivity index (χ0n) is 9.14. The summed E-state index contributed by atoms with van der Waals surface area (Å²) < 4.78 is 0. The Bertz CT molecular complexity index is 309. The average Bonchev–Trinajstić information content (AvgIpc) is 2.27. The molecule has 0 aromatic carbocycles. The third kappa shape index (κ3) is 4.39. The molecule has 0 spiro atoms. The highest BCUT2D eigenvalue weighted by Crippen LogP contribution is 1.93. The van der Waals surface area contributed by atoms with Crippen LogP contribution in [0.4, 0.5) is 0 Å². The van der Waals surface area contributed by atoms with Crippen molar-refractivity contribution in [2.45, 2.75) is 32.9 Å². The van der Waals surface area contributed by atoms with Crippen LogP contribution >= 0.6 is 0 Å². The Morgan fingerprint density at radius 1 is 1.67 bits per heavy atom. The second-order valence-corrected chi connectivity index (χ2v) is 3.37. The molecule has 0 bridgehead atoms. The maximum atomic E-state index is 5.69. The lowest BCUT2D eigenvalue weighted by Gasteiger charge is -2.11. The van der Waals surface area contributed by atoms with Gasteiger partial charge >= 0.3 is 0 Å². The van der Waals surface area contributed by atoms with Crippen molar-refractivity contribution >= 4 is 5.96 Å². The first kappa shape index (κ1) is 11.4. The normalized spacial score (nSPS) is 13.6. The molecule has 1 aromatic rings. The Morgan fingerprint density at radius 2 is 2.47 bits per heavy atom. The summed E-state index contributed by atoms with van der Waals surface area (Å²) in [6.45, 7) is 4.61. The lowest BCUT2D eigenvalue weighted by Crippen LogP contribution is -2.38. The van der Waals surface area contributed by atoms with Crippen molar-refractivity contribution in [1.82, 2.24) is 15.5 Å². The van der Waals surface area contributed by atoms with E-state index in [0.29, 0.717) is 18.5 Å². The average molecular weight is 207 g/mol. The first-order chi connectivity index (χ1) is 7.22. The highest BCUT2D eigenvalue weighted by atomic mass is 15.1. The highest BCUT2D eigenvalue weighted by molar-refractivity contribution is 5.78. The first-order valence-corrected chi connectivity index (χ1v) is 5.05. The predicted octanol–water partition coefficient (Wildman–Crippen LogP) is 0.679. The molecule has 0 fully saturated rings. The minimum Gasteiger partial charge on any atom is -0.370 e. The SMILES string of the molecule is CCC(C)NC(N)=NCc1cccnn1. The van der Waals surface area contributed by atoms with Gasteiger partial charge in [0.15, 0.2) is 5.96 Å². The summed E-state index contributed by atoms with van der Waals surface area (Å²) >= 11 is 0. The fourth-order valence-corrected chi connectivity index (χ4v) is 0.984. The van der Waals surface area contributed by atoms with Crippen LogP contribution in [0, 0.1) is 0 Å². The standard InChI is InChI=1S/C10H17N5/c1-3-8(2)14-10(11)12-7-9-5-4-6-13-15-9/h4-6,8H,3,7H2,1-2H3,(H3,11,12,14). The molecular weight excluding hydrogens is 190 g/mol. The van der Waals surface area contributed by atoms with Gasteiger partial charge in [-0.05, 0) is 25.5 Å². The minimum atomic E-state index is 0.343. The summed E-state index contributed by atoms with van der Waals surface area (Å²) in [5, 5.41) is 10.7. The fourth-order valence-electron chi connectivity index (χ4n) is 0.984. The van der Waals surface area contributed by atoms with E-state index in [1.54, 1.807) is 6.20 Å². The van der Waals surface area contributed by atoms with Crippen LogP contribution in [0.3, 0.4) is 0 Å². The van der Waals surface area contributed by atoms with E-state index in [2.05, 4.69) is 34.4 Å². The second-order valence-electron chi connectivity index (χ2n) is 3.37. The molecule has 0 aliphatic heterocycles. The van der Waals surface area contributed by atoms with E-state index in [9.17, 15) is 0 Å². The third-order valence-corrected chi connectivity index (χ3v) is 2.05. The summed E-state index contributed by atoms with van der Waals surface area (Å²) in [5.41, 5.74) is 6.50. The maximum absolute atomic E-state index is 5.69. The van der Waals surface area contributed by atoms with E-state index < -0.39 is 0 Å². The van der Waals surface area contributed by atoms with Crippen LogP contribution in [-0.2, 0) is 6.54 Å². The van der Waals surface area contributed by atoms with Gasteiger partial charge in [-0.25, -0.2) is 4.99 Å². The van der Waals surface area contributed by atoms with Gasteiger partial charge < -0.3 is 11.1 Å². The number of aliphatic imine (C=N–C) groups is 1. The van der Waals surface area contributed by atoms with Gasteiger partial charge in [-0.2, -0.15) is 10.2 Å². The summed E-state index contributed by atoms with van der Waals surface area (Å²) in [4.78, 5) is 4.16. The Morgan fingerprint density at radius 3 is 3.07 bits per heavy atom. The molecule has 5 heteroatoms. The van der Waals surface area contributed by atoms with Crippen molar-refractivity contribution in [2.75, 3.05) is 0 Å². The van der Waals surface area contributed by atoms with Crippen molar-refractivity contribution in [2.24, 2.45) is 10.7 Å². The van der Waals surface area contributed by atoms with Gasteiger partial charge in [0, 0.05) is 12.2 Å². The molecule has 0 saturated carbocycles. The van der Waals surface area contributed by atoms with Crippen LogP contribution in [0.1, 0.15) is 26.0 Å².